The normalized spacial score (nSPS) is 16.6. The first-order valence-electron chi connectivity index (χ1n) is 11.9. The molecule has 0 aliphatic carbocycles. The van der Waals surface area contributed by atoms with Crippen molar-refractivity contribution >= 4 is 29.6 Å². The van der Waals surface area contributed by atoms with Crippen LogP contribution in [0.1, 0.15) is 55.2 Å². The molecule has 3 heterocycles. The fourth-order valence-corrected chi connectivity index (χ4v) is 5.05. The van der Waals surface area contributed by atoms with E-state index < -0.39 is 11.5 Å². The molecule has 3 N–H and O–H groups in total. The quantitative estimate of drug-likeness (QED) is 0.668. The number of para-hydroxylation sites is 1. The molecule has 0 spiro atoms. The number of nitrogens with one attached hydrogen (secondary N) is 1. The minimum atomic E-state index is -0.613. The third-order valence-electron chi connectivity index (χ3n) is 6.31. The molecular weight excluding hydrogens is 470 g/mol. The molecule has 0 unspecified atom stereocenters. The second-order valence-corrected chi connectivity index (χ2v) is 10.3. The van der Waals surface area contributed by atoms with Crippen molar-refractivity contribution < 1.29 is 19.1 Å². The van der Waals surface area contributed by atoms with Crippen molar-refractivity contribution in [3.05, 3.63) is 52.3 Å². The van der Waals surface area contributed by atoms with Gasteiger partial charge in [-0.05, 0) is 45.7 Å². The van der Waals surface area contributed by atoms with Crippen molar-refractivity contribution in [2.45, 2.75) is 58.2 Å². The maximum atomic E-state index is 13.1. The number of hydrogen-bond donors (Lipinski definition) is 2. The lowest BCUT2D eigenvalue weighted by Gasteiger charge is -2.35. The van der Waals surface area contributed by atoms with Gasteiger partial charge in [-0.2, -0.15) is 0 Å². The lowest BCUT2D eigenvalue weighted by atomic mass is 10.0. The number of rotatable bonds is 3. The SMILES string of the molecule is CC(C)(C)OC(=O)N1CCC(NC(=O)N2CCc3c(c(C(N)=O)c(Cl)n3-c3ccccc3)C2)CC1. The predicted octanol–water partition coefficient (Wildman–Crippen LogP) is 3.70. The number of nitrogens with zero attached hydrogens (tertiary/aromatic N) is 3. The fourth-order valence-electron chi connectivity index (χ4n) is 4.65. The summed E-state index contributed by atoms with van der Waals surface area (Å²) in [6.45, 7) is 7.29. The van der Waals surface area contributed by atoms with Crippen LogP contribution >= 0.6 is 11.6 Å². The largest absolute Gasteiger partial charge is 0.444 e. The number of piperidine rings is 1. The van der Waals surface area contributed by atoms with E-state index in [9.17, 15) is 14.4 Å². The van der Waals surface area contributed by atoms with Gasteiger partial charge in [0.05, 0.1) is 12.1 Å². The highest BCUT2D eigenvalue weighted by atomic mass is 35.5. The van der Waals surface area contributed by atoms with Gasteiger partial charge in [-0.15, -0.1) is 0 Å². The molecule has 9 nitrogen and oxygen atoms in total. The van der Waals surface area contributed by atoms with Crippen LogP contribution in [-0.4, -0.2) is 63.7 Å². The summed E-state index contributed by atoms with van der Waals surface area (Å²) in [4.78, 5) is 41.0. The summed E-state index contributed by atoms with van der Waals surface area (Å²) in [5.74, 6) is -0.613. The minimum Gasteiger partial charge on any atom is -0.444 e. The Morgan fingerprint density at radius 3 is 2.31 bits per heavy atom. The molecule has 35 heavy (non-hydrogen) atoms. The van der Waals surface area contributed by atoms with Crippen LogP contribution in [0.25, 0.3) is 5.69 Å². The van der Waals surface area contributed by atoms with E-state index in [1.165, 1.54) is 0 Å². The van der Waals surface area contributed by atoms with Gasteiger partial charge in [0, 0.05) is 49.0 Å². The Morgan fingerprint density at radius 1 is 1.06 bits per heavy atom. The first-order valence-corrected chi connectivity index (χ1v) is 12.2. The highest BCUT2D eigenvalue weighted by Gasteiger charge is 2.33. The third kappa shape index (κ3) is 5.40. The average Bonchev–Trinajstić information content (AvgIpc) is 3.10. The monoisotopic (exact) mass is 501 g/mol. The van der Waals surface area contributed by atoms with Gasteiger partial charge in [0.15, 0.2) is 0 Å². The molecular formula is C25H32ClN5O4. The van der Waals surface area contributed by atoms with Crippen molar-refractivity contribution in [2.24, 2.45) is 5.73 Å². The number of carbonyl (C=O) groups is 3. The van der Waals surface area contributed by atoms with Crippen molar-refractivity contribution in [3.8, 4) is 5.69 Å². The van der Waals surface area contributed by atoms with E-state index in [-0.39, 0.29) is 35.4 Å². The topological polar surface area (TPSA) is 110 Å². The molecule has 2 aliphatic heterocycles. The molecule has 1 fully saturated rings. The van der Waals surface area contributed by atoms with Crippen LogP contribution in [0.3, 0.4) is 0 Å². The molecule has 1 aromatic heterocycles. The standard InChI is InChI=1S/C25H32ClN5O4/c1-25(2,3)35-24(34)29-12-9-16(10-13-29)28-23(33)30-14-11-19-18(15-30)20(22(27)32)21(26)31(19)17-7-5-4-6-8-17/h4-8,16H,9-15H2,1-3H3,(H2,27,32)(H,28,33). The molecule has 0 saturated carbocycles. The lowest BCUT2D eigenvalue weighted by Crippen LogP contribution is -2.51. The van der Waals surface area contributed by atoms with Crippen LogP contribution in [0.2, 0.25) is 5.15 Å². The summed E-state index contributed by atoms with van der Waals surface area (Å²) in [7, 11) is 0. The number of ether oxygens (including phenoxy) is 1. The molecule has 2 aliphatic rings. The molecule has 4 amide bonds. The fraction of sp³-hybridized carbons (Fsp3) is 0.480. The zero-order chi connectivity index (χ0) is 25.3. The Labute approximate surface area is 210 Å². The number of primary amides is 1. The number of halogens is 1. The number of fused-ring (bicyclic) bond motifs is 1. The molecule has 1 saturated heterocycles. The zero-order valence-electron chi connectivity index (χ0n) is 20.3. The van der Waals surface area contributed by atoms with Gasteiger partial charge in [0.25, 0.3) is 5.91 Å². The summed E-state index contributed by atoms with van der Waals surface area (Å²) in [6.07, 6.45) is 1.51. The Kier molecular flexibility index (Phi) is 6.98. The lowest BCUT2D eigenvalue weighted by molar-refractivity contribution is 0.0200. The van der Waals surface area contributed by atoms with Crippen molar-refractivity contribution in [3.63, 3.8) is 0 Å². The van der Waals surface area contributed by atoms with Crippen molar-refractivity contribution in [1.29, 1.82) is 0 Å². The second-order valence-electron chi connectivity index (χ2n) is 9.99. The summed E-state index contributed by atoms with van der Waals surface area (Å²) >= 11 is 6.61. The number of likely N-dealkylation sites (tertiary alicyclic amines) is 1. The Bertz CT molecular complexity index is 1120. The number of urea groups is 1. The summed E-state index contributed by atoms with van der Waals surface area (Å²) in [5, 5.41) is 3.35. The van der Waals surface area contributed by atoms with Crippen molar-refractivity contribution in [1.82, 2.24) is 19.7 Å². The number of aromatic nitrogens is 1. The van der Waals surface area contributed by atoms with Gasteiger partial charge in [0.2, 0.25) is 0 Å². The molecule has 2 aromatic rings. The molecule has 0 bridgehead atoms. The average molecular weight is 502 g/mol. The summed E-state index contributed by atoms with van der Waals surface area (Å²) in [5.41, 5.74) is 7.82. The van der Waals surface area contributed by atoms with Crippen LogP contribution in [-0.2, 0) is 17.7 Å². The summed E-state index contributed by atoms with van der Waals surface area (Å²) in [6, 6.07) is 9.30. The van der Waals surface area contributed by atoms with E-state index in [4.69, 9.17) is 22.1 Å². The Morgan fingerprint density at radius 2 is 1.71 bits per heavy atom. The number of hydrogen-bond acceptors (Lipinski definition) is 4. The zero-order valence-corrected chi connectivity index (χ0v) is 21.1. The van der Waals surface area contributed by atoms with Crippen LogP contribution in [0.5, 0.6) is 0 Å². The van der Waals surface area contributed by atoms with Crippen LogP contribution < -0.4 is 11.1 Å². The Hall–Kier alpha value is -3.20. The van der Waals surface area contributed by atoms with Crippen LogP contribution in [0.4, 0.5) is 9.59 Å². The predicted molar refractivity (Wildman–Crippen MR) is 133 cm³/mol. The van der Waals surface area contributed by atoms with Gasteiger partial charge < -0.3 is 30.2 Å². The van der Waals surface area contributed by atoms with E-state index >= 15 is 0 Å². The molecule has 1 aromatic carbocycles. The maximum Gasteiger partial charge on any atom is 0.410 e. The number of carbonyl (C=O) groups excluding carboxylic acids is 3. The van der Waals surface area contributed by atoms with Gasteiger partial charge in [-0.3, -0.25) is 4.79 Å². The molecule has 4 rings (SSSR count). The van der Waals surface area contributed by atoms with E-state index in [0.717, 1.165) is 11.4 Å². The molecule has 188 valence electrons. The van der Waals surface area contributed by atoms with Gasteiger partial charge in [-0.25, -0.2) is 9.59 Å². The highest BCUT2D eigenvalue weighted by Crippen LogP contribution is 2.34. The number of benzene rings is 1. The van der Waals surface area contributed by atoms with Crippen molar-refractivity contribution in [2.75, 3.05) is 19.6 Å². The highest BCUT2D eigenvalue weighted by molar-refractivity contribution is 6.33. The van der Waals surface area contributed by atoms with E-state index in [1.807, 2.05) is 55.7 Å². The van der Waals surface area contributed by atoms with Gasteiger partial charge in [0.1, 0.15) is 10.8 Å². The third-order valence-corrected chi connectivity index (χ3v) is 6.67. The molecule has 0 atom stereocenters. The van der Waals surface area contributed by atoms with Gasteiger partial charge >= 0.3 is 12.1 Å². The first-order chi connectivity index (χ1) is 16.5. The van der Waals surface area contributed by atoms with Gasteiger partial charge in [-0.1, -0.05) is 29.8 Å². The maximum absolute atomic E-state index is 13.1. The molecule has 10 heteroatoms. The summed E-state index contributed by atoms with van der Waals surface area (Å²) < 4.78 is 7.28. The Balaban J connectivity index is 1.42. The van der Waals surface area contributed by atoms with Crippen LogP contribution in [0.15, 0.2) is 30.3 Å². The van der Waals surface area contributed by atoms with Crippen LogP contribution in [0, 0.1) is 0 Å². The van der Waals surface area contributed by atoms with E-state index in [0.29, 0.717) is 44.5 Å². The second kappa shape index (κ2) is 9.81. The molecule has 0 radical (unpaired) electrons. The minimum absolute atomic E-state index is 0.0456. The van der Waals surface area contributed by atoms with E-state index in [1.54, 1.807) is 9.80 Å². The van der Waals surface area contributed by atoms with E-state index in [2.05, 4.69) is 5.32 Å². The smallest absolute Gasteiger partial charge is 0.410 e. The number of nitrogens with two attached hydrogens (primary N) is 1. The first kappa shape index (κ1) is 24.9. The number of amides is 4.